The van der Waals surface area contributed by atoms with E-state index in [1.54, 1.807) is 13.1 Å². The molecule has 176 valence electrons. The van der Waals surface area contributed by atoms with E-state index in [0.717, 1.165) is 36.8 Å². The van der Waals surface area contributed by atoms with Gasteiger partial charge in [-0.25, -0.2) is 0 Å². The van der Waals surface area contributed by atoms with Crippen LogP contribution in [0, 0.1) is 17.8 Å². The van der Waals surface area contributed by atoms with Crippen molar-refractivity contribution >= 4 is 25.0 Å². The highest BCUT2D eigenvalue weighted by Gasteiger charge is 2.56. The standard InChI is InChI=1S/C26H34BNO5/c1-4-8-16(13-18-9-6-7-10-21(18)29)11-12-22-23-17(5-2)14-19-24(20(23)15-27(32)33-22)26(31)28(3)25(19)30/h6-7,9-10,13,19-20,22,24,29,32H,4-5,8,11-12,14-15H2,1-3H3/b16-13+/t19-,20+,22-,24-/m1/s1. The van der Waals surface area contributed by atoms with E-state index in [-0.39, 0.29) is 41.4 Å². The van der Waals surface area contributed by atoms with E-state index >= 15 is 0 Å². The second-order valence-corrected chi connectivity index (χ2v) is 9.56. The summed E-state index contributed by atoms with van der Waals surface area (Å²) < 4.78 is 6.04. The van der Waals surface area contributed by atoms with Gasteiger partial charge < -0.3 is 14.8 Å². The average molecular weight is 451 g/mol. The normalized spacial score (nSPS) is 27.8. The molecule has 0 bridgehead atoms. The summed E-state index contributed by atoms with van der Waals surface area (Å²) in [5, 5.41) is 20.7. The lowest BCUT2D eigenvalue weighted by molar-refractivity contribution is -0.138. The highest BCUT2D eigenvalue weighted by molar-refractivity contribution is 6.43. The van der Waals surface area contributed by atoms with E-state index in [0.29, 0.717) is 19.2 Å². The maximum Gasteiger partial charge on any atom is 0.455 e. The Hall–Kier alpha value is -2.38. The van der Waals surface area contributed by atoms with Gasteiger partial charge in [0.15, 0.2) is 0 Å². The number of benzene rings is 1. The number of amides is 2. The Balaban J connectivity index is 1.61. The number of imide groups is 1. The van der Waals surface area contributed by atoms with Gasteiger partial charge >= 0.3 is 7.12 Å². The minimum Gasteiger partial charge on any atom is -0.507 e. The smallest absolute Gasteiger partial charge is 0.455 e. The first-order chi connectivity index (χ1) is 15.8. The number of carbonyl (C=O) groups excluding carboxylic acids is 2. The van der Waals surface area contributed by atoms with E-state index < -0.39 is 7.12 Å². The Morgan fingerprint density at radius 3 is 2.64 bits per heavy atom. The Morgan fingerprint density at radius 2 is 1.94 bits per heavy atom. The number of para-hydroxylation sites is 1. The number of aromatic hydroxyl groups is 1. The number of phenolic OH excluding ortho intramolecular Hbond substituents is 1. The van der Waals surface area contributed by atoms with Crippen molar-refractivity contribution in [2.45, 2.75) is 64.8 Å². The maximum atomic E-state index is 12.9. The van der Waals surface area contributed by atoms with Crippen molar-refractivity contribution in [3.8, 4) is 5.75 Å². The van der Waals surface area contributed by atoms with Crippen LogP contribution in [0.4, 0.5) is 0 Å². The van der Waals surface area contributed by atoms with Gasteiger partial charge in [0.05, 0.1) is 17.9 Å². The molecule has 1 aliphatic carbocycles. The van der Waals surface area contributed by atoms with Crippen molar-refractivity contribution in [2.24, 2.45) is 17.8 Å². The molecule has 2 fully saturated rings. The summed E-state index contributed by atoms with van der Waals surface area (Å²) in [5.41, 5.74) is 4.36. The van der Waals surface area contributed by atoms with Gasteiger partial charge in [0.25, 0.3) is 0 Å². The van der Waals surface area contributed by atoms with Crippen LogP contribution in [0.15, 0.2) is 41.0 Å². The number of hydrogen-bond acceptors (Lipinski definition) is 5. The molecule has 0 unspecified atom stereocenters. The lowest BCUT2D eigenvalue weighted by atomic mass is 9.58. The molecule has 1 aromatic carbocycles. The van der Waals surface area contributed by atoms with Crippen LogP contribution in [-0.2, 0) is 14.2 Å². The summed E-state index contributed by atoms with van der Waals surface area (Å²) in [6.45, 7) is 4.22. The van der Waals surface area contributed by atoms with E-state index in [1.807, 2.05) is 18.2 Å². The van der Waals surface area contributed by atoms with Gasteiger partial charge in [-0.3, -0.25) is 14.5 Å². The quantitative estimate of drug-likeness (QED) is 0.369. The fraction of sp³-hybridized carbons (Fsp3) is 0.538. The first-order valence-corrected chi connectivity index (χ1v) is 12.2. The molecule has 7 heteroatoms. The number of carbonyl (C=O) groups is 2. The first kappa shape index (κ1) is 23.8. The second-order valence-electron chi connectivity index (χ2n) is 9.56. The first-order valence-electron chi connectivity index (χ1n) is 12.2. The molecule has 6 nitrogen and oxygen atoms in total. The number of fused-ring (bicyclic) bond motifs is 3. The maximum absolute atomic E-state index is 12.9. The molecule has 2 saturated heterocycles. The van der Waals surface area contributed by atoms with Crippen LogP contribution in [0.5, 0.6) is 5.75 Å². The van der Waals surface area contributed by atoms with Crippen LogP contribution in [0.1, 0.15) is 57.9 Å². The number of rotatable bonds is 7. The van der Waals surface area contributed by atoms with Gasteiger partial charge in [-0.2, -0.15) is 0 Å². The number of nitrogens with zero attached hydrogens (tertiary/aromatic N) is 1. The summed E-state index contributed by atoms with van der Waals surface area (Å²) in [4.78, 5) is 26.9. The summed E-state index contributed by atoms with van der Waals surface area (Å²) in [7, 11) is 0.633. The summed E-state index contributed by atoms with van der Waals surface area (Å²) >= 11 is 0. The Labute approximate surface area is 196 Å². The summed E-state index contributed by atoms with van der Waals surface area (Å²) in [6, 6.07) is 7.31. The fourth-order valence-electron chi connectivity index (χ4n) is 6.00. The van der Waals surface area contributed by atoms with Crippen molar-refractivity contribution in [1.29, 1.82) is 0 Å². The Kier molecular flexibility index (Phi) is 7.10. The highest BCUT2D eigenvalue weighted by atomic mass is 16.5. The third-order valence-electron chi connectivity index (χ3n) is 7.55. The molecule has 2 heterocycles. The number of phenols is 1. The van der Waals surface area contributed by atoms with Gasteiger partial charge in [-0.1, -0.05) is 55.7 Å². The Morgan fingerprint density at radius 1 is 1.18 bits per heavy atom. The SMILES string of the molecule is CCC/C(=C\c1ccccc1O)CC[C@H]1OB(O)C[C@H]2C1=C(CC)C[C@H]1C(=O)N(C)C(=O)[C@H]12. The molecule has 2 aliphatic heterocycles. The van der Waals surface area contributed by atoms with Crippen molar-refractivity contribution < 1.29 is 24.4 Å². The number of allylic oxidation sites excluding steroid dienone is 2. The summed E-state index contributed by atoms with van der Waals surface area (Å²) in [5.74, 6) is -0.802. The molecule has 2 N–H and O–H groups in total. The average Bonchev–Trinajstić information content (AvgIpc) is 3.02. The highest BCUT2D eigenvalue weighted by Crippen LogP contribution is 2.51. The van der Waals surface area contributed by atoms with Crippen LogP contribution in [-0.4, -0.2) is 47.1 Å². The van der Waals surface area contributed by atoms with Crippen LogP contribution in [0.3, 0.4) is 0 Å². The molecule has 0 spiro atoms. The van der Waals surface area contributed by atoms with Gasteiger partial charge in [0.2, 0.25) is 11.8 Å². The van der Waals surface area contributed by atoms with Gasteiger partial charge in [0, 0.05) is 12.6 Å². The minimum atomic E-state index is -0.939. The monoisotopic (exact) mass is 451 g/mol. The van der Waals surface area contributed by atoms with Gasteiger partial charge in [-0.05, 0) is 56.0 Å². The summed E-state index contributed by atoms with van der Waals surface area (Å²) in [6.07, 6.45) is 6.93. The lowest BCUT2D eigenvalue weighted by Crippen LogP contribution is -2.46. The molecule has 0 radical (unpaired) electrons. The van der Waals surface area contributed by atoms with Crippen LogP contribution in [0.25, 0.3) is 6.08 Å². The van der Waals surface area contributed by atoms with Gasteiger partial charge in [-0.15, -0.1) is 0 Å². The zero-order valence-corrected chi connectivity index (χ0v) is 19.8. The van der Waals surface area contributed by atoms with Crippen LogP contribution < -0.4 is 0 Å². The molecule has 1 aromatic rings. The molecule has 4 atom stereocenters. The van der Waals surface area contributed by atoms with E-state index in [2.05, 4.69) is 19.9 Å². The topological polar surface area (TPSA) is 87.1 Å². The molecule has 4 rings (SSSR count). The van der Waals surface area contributed by atoms with Gasteiger partial charge in [0.1, 0.15) is 5.75 Å². The third kappa shape index (κ3) is 4.53. The lowest BCUT2D eigenvalue weighted by Gasteiger charge is -2.43. The molecule has 0 saturated carbocycles. The molecule has 33 heavy (non-hydrogen) atoms. The van der Waals surface area contributed by atoms with Crippen molar-refractivity contribution in [2.75, 3.05) is 7.05 Å². The molecule has 2 amide bonds. The molecular weight excluding hydrogens is 417 g/mol. The minimum absolute atomic E-state index is 0.0941. The predicted octanol–water partition coefficient (Wildman–Crippen LogP) is 4.19. The van der Waals surface area contributed by atoms with Crippen molar-refractivity contribution in [3.63, 3.8) is 0 Å². The van der Waals surface area contributed by atoms with E-state index in [9.17, 15) is 19.7 Å². The molecule has 0 aromatic heterocycles. The van der Waals surface area contributed by atoms with Crippen molar-refractivity contribution in [3.05, 3.63) is 46.5 Å². The third-order valence-corrected chi connectivity index (χ3v) is 7.55. The largest absolute Gasteiger partial charge is 0.507 e. The molecule has 3 aliphatic rings. The van der Waals surface area contributed by atoms with Crippen LogP contribution in [0.2, 0.25) is 6.32 Å². The zero-order valence-electron chi connectivity index (χ0n) is 19.8. The molecular formula is C26H34BNO5. The fourth-order valence-corrected chi connectivity index (χ4v) is 6.00. The van der Waals surface area contributed by atoms with E-state index in [4.69, 9.17) is 4.65 Å². The number of hydrogen-bond donors (Lipinski definition) is 2. The van der Waals surface area contributed by atoms with Crippen LogP contribution >= 0.6 is 0 Å². The second kappa shape index (κ2) is 9.86. The zero-order chi connectivity index (χ0) is 23.7. The Bertz CT molecular complexity index is 987. The van der Waals surface area contributed by atoms with Crippen molar-refractivity contribution in [1.82, 2.24) is 4.90 Å². The predicted molar refractivity (Wildman–Crippen MR) is 128 cm³/mol. The van der Waals surface area contributed by atoms with E-state index in [1.165, 1.54) is 16.0 Å². The number of likely N-dealkylation sites (tertiary alicyclic amines) is 1.